The van der Waals surface area contributed by atoms with Gasteiger partial charge in [0.1, 0.15) is 5.92 Å². The van der Waals surface area contributed by atoms with E-state index in [4.69, 9.17) is 0 Å². The van der Waals surface area contributed by atoms with Crippen LogP contribution in [-0.4, -0.2) is 10.9 Å². The number of pyridine rings is 1. The first-order chi connectivity index (χ1) is 10.1. The predicted molar refractivity (Wildman–Crippen MR) is 81.6 cm³/mol. The zero-order valence-corrected chi connectivity index (χ0v) is 12.1. The molecule has 0 aliphatic carbocycles. The Morgan fingerprint density at radius 1 is 1.24 bits per heavy atom. The van der Waals surface area contributed by atoms with Crippen LogP contribution in [0.1, 0.15) is 16.7 Å². The number of carbonyl (C=O) groups excluding carboxylic acids is 1. The Kier molecular flexibility index (Phi) is 4.68. The largest absolute Gasteiger partial charge is 0.325 e. The number of anilines is 1. The van der Waals surface area contributed by atoms with Crippen LogP contribution in [0, 0.1) is 31.1 Å². The van der Waals surface area contributed by atoms with Gasteiger partial charge in [0.05, 0.1) is 6.07 Å². The van der Waals surface area contributed by atoms with Crippen molar-refractivity contribution in [2.75, 3.05) is 5.32 Å². The highest BCUT2D eigenvalue weighted by molar-refractivity contribution is 5.94. The fourth-order valence-corrected chi connectivity index (χ4v) is 2.23. The van der Waals surface area contributed by atoms with Crippen molar-refractivity contribution < 1.29 is 4.79 Å². The maximum Gasteiger partial charge on any atom is 0.242 e. The molecule has 2 aromatic rings. The molecule has 4 heteroatoms. The van der Waals surface area contributed by atoms with Crippen molar-refractivity contribution in [2.45, 2.75) is 20.3 Å². The van der Waals surface area contributed by atoms with Crippen LogP contribution in [0.5, 0.6) is 0 Å². The van der Waals surface area contributed by atoms with Gasteiger partial charge in [-0.15, -0.1) is 0 Å². The molecule has 0 aliphatic heterocycles. The topological polar surface area (TPSA) is 65.8 Å². The first-order valence-corrected chi connectivity index (χ1v) is 6.76. The number of nitriles is 1. The van der Waals surface area contributed by atoms with E-state index in [0.717, 1.165) is 22.4 Å². The minimum atomic E-state index is -0.715. The number of aryl methyl sites for hydroxylation is 2. The molecule has 1 aromatic heterocycles. The molecule has 4 nitrogen and oxygen atoms in total. The summed E-state index contributed by atoms with van der Waals surface area (Å²) in [6, 6.07) is 11.5. The van der Waals surface area contributed by atoms with Crippen molar-refractivity contribution in [2.24, 2.45) is 5.92 Å². The molecule has 21 heavy (non-hydrogen) atoms. The fraction of sp³-hybridized carbons (Fsp3) is 0.235. The van der Waals surface area contributed by atoms with Crippen molar-refractivity contribution in [3.05, 3.63) is 59.4 Å². The van der Waals surface area contributed by atoms with Crippen molar-refractivity contribution in [1.29, 1.82) is 5.26 Å². The molecule has 0 aliphatic rings. The quantitative estimate of drug-likeness (QED) is 0.935. The van der Waals surface area contributed by atoms with Gasteiger partial charge in [-0.25, -0.2) is 0 Å². The van der Waals surface area contributed by atoms with Gasteiger partial charge in [-0.3, -0.25) is 9.78 Å². The van der Waals surface area contributed by atoms with E-state index in [1.165, 1.54) is 0 Å². The van der Waals surface area contributed by atoms with Crippen molar-refractivity contribution >= 4 is 11.6 Å². The number of hydrogen-bond acceptors (Lipinski definition) is 3. The van der Waals surface area contributed by atoms with Crippen LogP contribution in [0.4, 0.5) is 5.69 Å². The summed E-state index contributed by atoms with van der Waals surface area (Å²) < 4.78 is 0. The summed E-state index contributed by atoms with van der Waals surface area (Å²) in [6.07, 6.45) is 3.70. The first kappa shape index (κ1) is 14.7. The highest BCUT2D eigenvalue weighted by atomic mass is 16.1. The number of nitrogens with one attached hydrogen (secondary N) is 1. The molecule has 0 saturated heterocycles. The summed E-state index contributed by atoms with van der Waals surface area (Å²) in [6.45, 7) is 3.95. The van der Waals surface area contributed by atoms with E-state index in [-0.39, 0.29) is 5.91 Å². The second kappa shape index (κ2) is 6.67. The minimum absolute atomic E-state index is 0.278. The molecule has 0 fully saturated rings. The molecular weight excluding hydrogens is 262 g/mol. The van der Waals surface area contributed by atoms with Crippen molar-refractivity contribution in [1.82, 2.24) is 4.98 Å². The number of aromatic nitrogens is 1. The van der Waals surface area contributed by atoms with E-state index >= 15 is 0 Å². The summed E-state index contributed by atoms with van der Waals surface area (Å²) in [4.78, 5) is 16.1. The normalized spacial score (nSPS) is 11.5. The molecule has 1 atom stereocenters. The number of benzene rings is 1. The smallest absolute Gasteiger partial charge is 0.242 e. The SMILES string of the molecule is Cc1cc(C)cc(NC(=O)[C@@H](C#N)Cc2ccncc2)c1. The van der Waals surface area contributed by atoms with E-state index in [0.29, 0.717) is 6.42 Å². The van der Waals surface area contributed by atoms with Crippen LogP contribution in [0.25, 0.3) is 0 Å². The molecule has 1 aromatic carbocycles. The van der Waals surface area contributed by atoms with Crippen LogP contribution >= 0.6 is 0 Å². The Balaban J connectivity index is 2.08. The zero-order chi connectivity index (χ0) is 15.2. The third kappa shape index (κ3) is 4.15. The third-order valence-corrected chi connectivity index (χ3v) is 3.15. The van der Waals surface area contributed by atoms with Crippen LogP contribution in [0.15, 0.2) is 42.7 Å². The maximum absolute atomic E-state index is 12.2. The van der Waals surface area contributed by atoms with E-state index in [2.05, 4.69) is 16.4 Å². The van der Waals surface area contributed by atoms with Gasteiger partial charge in [0, 0.05) is 18.1 Å². The molecule has 0 radical (unpaired) electrons. The third-order valence-electron chi connectivity index (χ3n) is 3.15. The Morgan fingerprint density at radius 3 is 2.43 bits per heavy atom. The fourth-order valence-electron chi connectivity index (χ4n) is 2.23. The van der Waals surface area contributed by atoms with Crippen LogP contribution in [0.2, 0.25) is 0 Å². The van der Waals surface area contributed by atoms with Crippen molar-refractivity contribution in [3.8, 4) is 6.07 Å². The lowest BCUT2D eigenvalue weighted by Gasteiger charge is -2.11. The van der Waals surface area contributed by atoms with Crippen molar-refractivity contribution in [3.63, 3.8) is 0 Å². The number of rotatable bonds is 4. The number of nitrogens with zero attached hydrogens (tertiary/aromatic N) is 2. The average Bonchev–Trinajstić information content (AvgIpc) is 2.44. The Labute approximate surface area is 124 Å². The van der Waals surface area contributed by atoms with Gasteiger partial charge < -0.3 is 5.32 Å². The molecule has 0 bridgehead atoms. The monoisotopic (exact) mass is 279 g/mol. The number of hydrogen-bond donors (Lipinski definition) is 1. The molecule has 0 spiro atoms. The minimum Gasteiger partial charge on any atom is -0.325 e. The van der Waals surface area contributed by atoms with E-state index in [1.54, 1.807) is 12.4 Å². The lowest BCUT2D eigenvalue weighted by Crippen LogP contribution is -2.23. The van der Waals surface area contributed by atoms with Gasteiger partial charge in [0.2, 0.25) is 5.91 Å². The summed E-state index contributed by atoms with van der Waals surface area (Å²) in [7, 11) is 0. The van der Waals surface area contributed by atoms with E-state index in [9.17, 15) is 10.1 Å². The lowest BCUT2D eigenvalue weighted by molar-refractivity contribution is -0.118. The van der Waals surface area contributed by atoms with Crippen LogP contribution < -0.4 is 5.32 Å². The van der Waals surface area contributed by atoms with Gasteiger partial charge in [-0.2, -0.15) is 5.26 Å². The maximum atomic E-state index is 12.2. The van der Waals surface area contributed by atoms with E-state index in [1.807, 2.05) is 44.2 Å². The summed E-state index contributed by atoms with van der Waals surface area (Å²) in [5.74, 6) is -0.993. The second-order valence-corrected chi connectivity index (χ2v) is 5.11. The molecule has 1 heterocycles. The lowest BCUT2D eigenvalue weighted by atomic mass is 10.0. The van der Waals surface area contributed by atoms with Gasteiger partial charge in [0.25, 0.3) is 0 Å². The molecule has 106 valence electrons. The van der Waals surface area contributed by atoms with Gasteiger partial charge in [-0.05, 0) is 61.2 Å². The Bertz CT molecular complexity index is 654. The van der Waals surface area contributed by atoms with Crippen LogP contribution in [-0.2, 0) is 11.2 Å². The second-order valence-electron chi connectivity index (χ2n) is 5.11. The molecule has 0 saturated carbocycles. The highest BCUT2D eigenvalue weighted by Gasteiger charge is 2.18. The molecule has 0 unspecified atom stereocenters. The Hall–Kier alpha value is -2.67. The molecule has 1 N–H and O–H groups in total. The summed E-state index contributed by atoms with van der Waals surface area (Å²) in [5.41, 5.74) is 3.81. The van der Waals surface area contributed by atoms with Gasteiger partial charge in [0.15, 0.2) is 0 Å². The number of amides is 1. The standard InChI is InChI=1S/C17H17N3O/c1-12-7-13(2)9-16(8-12)20-17(21)15(11-18)10-14-3-5-19-6-4-14/h3-9,15H,10H2,1-2H3,(H,20,21)/t15-/m1/s1. The zero-order valence-electron chi connectivity index (χ0n) is 12.1. The summed E-state index contributed by atoms with van der Waals surface area (Å²) in [5, 5.41) is 12.0. The van der Waals surface area contributed by atoms with E-state index < -0.39 is 5.92 Å². The average molecular weight is 279 g/mol. The molecule has 2 rings (SSSR count). The highest BCUT2D eigenvalue weighted by Crippen LogP contribution is 2.16. The predicted octanol–water partition coefficient (Wildman–Crippen LogP) is 3.02. The van der Waals surface area contributed by atoms with Crippen LogP contribution in [0.3, 0.4) is 0 Å². The number of carbonyl (C=O) groups is 1. The van der Waals surface area contributed by atoms with Gasteiger partial charge in [-0.1, -0.05) is 6.07 Å². The Morgan fingerprint density at radius 2 is 1.86 bits per heavy atom. The summed E-state index contributed by atoms with van der Waals surface area (Å²) >= 11 is 0. The first-order valence-electron chi connectivity index (χ1n) is 6.76. The molecular formula is C17H17N3O. The molecule has 1 amide bonds. The van der Waals surface area contributed by atoms with Gasteiger partial charge >= 0.3 is 0 Å².